The van der Waals surface area contributed by atoms with E-state index in [0.29, 0.717) is 17.5 Å². The number of alkyl halides is 2. The number of pyridine rings is 2. The zero-order valence-corrected chi connectivity index (χ0v) is 17.2. The first kappa shape index (κ1) is 22.1. The predicted molar refractivity (Wildman–Crippen MR) is 114 cm³/mol. The van der Waals surface area contributed by atoms with Crippen LogP contribution in [0.25, 0.3) is 5.69 Å². The topological polar surface area (TPSA) is 131 Å². The number of rotatable bonds is 8. The number of carboxylic acids is 1. The fraction of sp³-hybridized carbons (Fsp3) is 0.286. The van der Waals surface area contributed by atoms with Crippen LogP contribution in [0.3, 0.4) is 0 Å². The highest BCUT2D eigenvalue weighted by molar-refractivity contribution is 5.87. The van der Waals surface area contributed by atoms with Crippen LogP contribution in [0.15, 0.2) is 53.8 Å². The average Bonchev–Trinajstić information content (AvgIpc) is 3.22. The second-order valence-electron chi connectivity index (χ2n) is 7.45. The smallest absolute Gasteiger partial charge is 0.387 e. The molecular formula is C21H20F2N6O4. The van der Waals surface area contributed by atoms with E-state index in [-0.39, 0.29) is 23.4 Å². The molecule has 3 heterocycles. The van der Waals surface area contributed by atoms with Gasteiger partial charge in [-0.25, -0.2) is 19.7 Å². The highest BCUT2D eigenvalue weighted by Crippen LogP contribution is 2.25. The van der Waals surface area contributed by atoms with Crippen LogP contribution >= 0.6 is 0 Å². The van der Waals surface area contributed by atoms with Crippen molar-refractivity contribution in [2.75, 3.05) is 10.6 Å². The Hall–Kier alpha value is -4.09. The molecule has 0 bridgehead atoms. The van der Waals surface area contributed by atoms with Gasteiger partial charge in [0.25, 0.3) is 5.56 Å². The van der Waals surface area contributed by atoms with E-state index in [2.05, 4.69) is 30.3 Å². The quantitative estimate of drug-likeness (QED) is 0.466. The number of carboxylic acid groups (broad SMARTS) is 1. The lowest BCUT2D eigenvalue weighted by Gasteiger charge is -2.15. The molecule has 0 aromatic carbocycles. The number of anilines is 2. The normalized spacial score (nSPS) is 17.7. The van der Waals surface area contributed by atoms with Gasteiger partial charge in [-0.15, -0.1) is 0 Å². The van der Waals surface area contributed by atoms with Crippen LogP contribution in [0, 0.1) is 0 Å². The maximum Gasteiger partial charge on any atom is 0.387 e. The number of halogens is 2. The monoisotopic (exact) mass is 458 g/mol. The van der Waals surface area contributed by atoms with E-state index in [9.17, 15) is 18.4 Å². The van der Waals surface area contributed by atoms with Crippen LogP contribution in [0.5, 0.6) is 5.75 Å². The van der Waals surface area contributed by atoms with E-state index in [1.807, 2.05) is 0 Å². The van der Waals surface area contributed by atoms with Crippen molar-refractivity contribution in [3.8, 4) is 11.4 Å². The van der Waals surface area contributed by atoms with Crippen LogP contribution in [0.2, 0.25) is 0 Å². The highest BCUT2D eigenvalue weighted by Gasteiger charge is 2.25. The van der Waals surface area contributed by atoms with Crippen LogP contribution in [-0.2, 0) is 0 Å². The van der Waals surface area contributed by atoms with E-state index >= 15 is 0 Å². The molecule has 0 saturated heterocycles. The molecule has 2 atom stereocenters. The maximum atomic E-state index is 12.2. The van der Waals surface area contributed by atoms with Crippen LogP contribution in [0.4, 0.5) is 20.5 Å². The first-order valence-electron chi connectivity index (χ1n) is 10.1. The lowest BCUT2D eigenvalue weighted by molar-refractivity contribution is -0.0503. The van der Waals surface area contributed by atoms with Crippen molar-refractivity contribution in [2.45, 2.75) is 38.0 Å². The molecule has 12 heteroatoms. The van der Waals surface area contributed by atoms with Gasteiger partial charge < -0.3 is 20.5 Å². The number of aromatic carboxylic acids is 1. The molecule has 1 fully saturated rings. The third-order valence-electron chi connectivity index (χ3n) is 5.16. The van der Waals surface area contributed by atoms with Gasteiger partial charge in [-0.1, -0.05) is 0 Å². The van der Waals surface area contributed by atoms with Crippen molar-refractivity contribution in [2.24, 2.45) is 0 Å². The summed E-state index contributed by atoms with van der Waals surface area (Å²) < 4.78 is 29.9. The maximum absolute atomic E-state index is 12.2. The Morgan fingerprint density at radius 2 is 1.82 bits per heavy atom. The Labute approximate surface area is 186 Å². The van der Waals surface area contributed by atoms with Gasteiger partial charge in [-0.05, 0) is 37.5 Å². The average molecular weight is 458 g/mol. The number of aromatic nitrogens is 4. The molecule has 1 aliphatic rings. The Morgan fingerprint density at radius 1 is 1.09 bits per heavy atom. The molecule has 3 aromatic heterocycles. The standard InChI is InChI=1S/C21H20F2N6O4/c22-20(23)33-16-10-25-21(26-11-16)28-14-2-1-13(8-14)27-17-4-3-15(9-24-17)29-6-5-12(19(31)32)7-18(29)30/h3-7,9-11,13-14,20H,1-2,8H2,(H,24,27)(H,31,32)(H,25,26,28)/t13-,14-/m0/s1. The first-order chi connectivity index (χ1) is 15.9. The van der Waals surface area contributed by atoms with Gasteiger partial charge in [0.05, 0.1) is 29.8 Å². The van der Waals surface area contributed by atoms with Crippen molar-refractivity contribution < 1.29 is 23.4 Å². The molecule has 172 valence electrons. The third kappa shape index (κ3) is 5.59. The van der Waals surface area contributed by atoms with Gasteiger partial charge in [0, 0.05) is 24.3 Å². The second-order valence-corrected chi connectivity index (χ2v) is 7.45. The summed E-state index contributed by atoms with van der Waals surface area (Å²) in [7, 11) is 0. The van der Waals surface area contributed by atoms with E-state index in [0.717, 1.165) is 25.3 Å². The number of ether oxygens (including phenoxy) is 1. The zero-order valence-electron chi connectivity index (χ0n) is 17.2. The Kier molecular flexibility index (Phi) is 6.43. The molecule has 3 aromatic rings. The summed E-state index contributed by atoms with van der Waals surface area (Å²) in [5.41, 5.74) is -0.0160. The first-order valence-corrected chi connectivity index (χ1v) is 10.1. The molecule has 0 unspecified atom stereocenters. The summed E-state index contributed by atoms with van der Waals surface area (Å²) in [5.74, 6) is -0.282. The van der Waals surface area contributed by atoms with E-state index < -0.39 is 18.1 Å². The largest absolute Gasteiger partial charge is 0.478 e. The molecular weight excluding hydrogens is 438 g/mol. The van der Waals surface area contributed by atoms with Gasteiger partial charge in [-0.2, -0.15) is 8.78 Å². The van der Waals surface area contributed by atoms with Gasteiger partial charge >= 0.3 is 12.6 Å². The molecule has 0 radical (unpaired) electrons. The third-order valence-corrected chi connectivity index (χ3v) is 5.16. The summed E-state index contributed by atoms with van der Waals surface area (Å²) in [6, 6.07) is 6.14. The van der Waals surface area contributed by atoms with Gasteiger partial charge in [-0.3, -0.25) is 9.36 Å². The number of hydrogen-bond acceptors (Lipinski definition) is 8. The van der Waals surface area contributed by atoms with Crippen molar-refractivity contribution in [3.05, 3.63) is 65.0 Å². The molecule has 10 nitrogen and oxygen atoms in total. The summed E-state index contributed by atoms with van der Waals surface area (Å²) in [4.78, 5) is 35.5. The Bertz CT molecular complexity index is 1170. The number of nitrogens with zero attached hydrogens (tertiary/aromatic N) is 4. The van der Waals surface area contributed by atoms with Gasteiger partial charge in [0.2, 0.25) is 5.95 Å². The van der Waals surface area contributed by atoms with E-state index in [1.165, 1.54) is 35.4 Å². The van der Waals surface area contributed by atoms with E-state index in [4.69, 9.17) is 5.11 Å². The summed E-state index contributed by atoms with van der Waals surface area (Å²) in [5, 5.41) is 15.5. The van der Waals surface area contributed by atoms with Gasteiger partial charge in [0.15, 0.2) is 5.75 Å². The molecule has 0 spiro atoms. The summed E-state index contributed by atoms with van der Waals surface area (Å²) in [6.07, 6.45) is 7.83. The van der Waals surface area contributed by atoms with Crippen molar-refractivity contribution in [1.29, 1.82) is 0 Å². The van der Waals surface area contributed by atoms with Gasteiger partial charge in [0.1, 0.15) is 5.82 Å². The number of carbonyl (C=O) groups is 1. The Morgan fingerprint density at radius 3 is 2.42 bits per heavy atom. The van der Waals surface area contributed by atoms with E-state index in [1.54, 1.807) is 12.1 Å². The molecule has 4 rings (SSSR count). The lowest BCUT2D eigenvalue weighted by Crippen LogP contribution is -2.22. The second kappa shape index (κ2) is 9.59. The van der Waals surface area contributed by atoms with Crippen molar-refractivity contribution >= 4 is 17.7 Å². The molecule has 33 heavy (non-hydrogen) atoms. The highest BCUT2D eigenvalue weighted by atomic mass is 19.3. The van der Waals surface area contributed by atoms with Crippen molar-refractivity contribution in [3.63, 3.8) is 0 Å². The molecule has 3 N–H and O–H groups in total. The summed E-state index contributed by atoms with van der Waals surface area (Å²) >= 11 is 0. The number of hydrogen-bond donors (Lipinski definition) is 3. The molecule has 1 aliphatic carbocycles. The molecule has 0 aliphatic heterocycles. The lowest BCUT2D eigenvalue weighted by atomic mass is 10.2. The fourth-order valence-electron chi connectivity index (χ4n) is 3.63. The minimum atomic E-state index is -2.92. The zero-order chi connectivity index (χ0) is 23.4. The predicted octanol–water partition coefficient (Wildman–Crippen LogP) is 2.77. The minimum Gasteiger partial charge on any atom is -0.478 e. The van der Waals surface area contributed by atoms with Crippen LogP contribution < -0.4 is 20.9 Å². The SMILES string of the molecule is O=C(O)c1ccn(-c2ccc(N[C@H]3CC[C@H](Nc4ncc(OC(F)F)cn4)C3)nc2)c(=O)c1. The fourth-order valence-corrected chi connectivity index (χ4v) is 3.63. The Balaban J connectivity index is 1.32. The number of nitrogens with one attached hydrogen (secondary N) is 2. The van der Waals surface area contributed by atoms with Crippen LogP contribution in [0.1, 0.15) is 29.6 Å². The van der Waals surface area contributed by atoms with Crippen LogP contribution in [-0.4, -0.2) is 49.3 Å². The molecule has 0 amide bonds. The minimum absolute atomic E-state index is 0.0743. The van der Waals surface area contributed by atoms with Crippen molar-refractivity contribution in [1.82, 2.24) is 19.5 Å². The molecule has 1 saturated carbocycles. The summed E-state index contributed by atoms with van der Waals surface area (Å²) in [6.45, 7) is -2.92.